The zero-order valence-corrected chi connectivity index (χ0v) is 14.9. The van der Waals surface area contributed by atoms with Crippen LogP contribution >= 0.6 is 23.4 Å². The van der Waals surface area contributed by atoms with E-state index in [2.05, 4.69) is 9.98 Å². The van der Waals surface area contributed by atoms with Crippen LogP contribution in [-0.2, 0) is 12.0 Å². The van der Waals surface area contributed by atoms with Gasteiger partial charge in [-0.05, 0) is 48.2 Å². The Balaban J connectivity index is 1.89. The number of aromatic nitrogens is 1. The number of ketones is 1. The summed E-state index contributed by atoms with van der Waals surface area (Å²) in [5.74, 6) is -0.562. The molecule has 0 amide bonds. The number of aliphatic imine (C=N–C) groups is 1. The van der Waals surface area contributed by atoms with Crippen molar-refractivity contribution in [1.82, 2.24) is 4.98 Å². The third-order valence-electron chi connectivity index (χ3n) is 3.88. The van der Waals surface area contributed by atoms with E-state index in [0.717, 1.165) is 0 Å². The molecule has 0 saturated carbocycles. The van der Waals surface area contributed by atoms with Gasteiger partial charge >= 0.3 is 0 Å². The van der Waals surface area contributed by atoms with Gasteiger partial charge in [-0.3, -0.25) is 9.78 Å². The molecule has 25 heavy (non-hydrogen) atoms. The highest BCUT2D eigenvalue weighted by atomic mass is 35.5. The number of halogens is 2. The number of nitrogens with two attached hydrogens (primary N) is 1. The second-order valence-electron chi connectivity index (χ2n) is 5.79. The molecule has 7 heteroatoms. The highest BCUT2D eigenvalue weighted by molar-refractivity contribution is 8.16. The number of Topliss-reactive ketones (excluding diaryl/α,β-unsaturated/α-hetero) is 1. The van der Waals surface area contributed by atoms with Crippen LogP contribution in [-0.4, -0.2) is 15.9 Å². The number of nitrogens with zero attached hydrogens (tertiary/aromatic N) is 2. The fraction of sp³-hybridized carbons (Fsp3) is 0.167. The Hall–Kier alpha value is -2.18. The van der Waals surface area contributed by atoms with Crippen LogP contribution in [0.2, 0.25) is 5.02 Å². The number of rotatable bonds is 4. The Labute approximate surface area is 154 Å². The average Bonchev–Trinajstić information content (AvgIpc) is 2.57. The van der Waals surface area contributed by atoms with E-state index in [4.69, 9.17) is 17.3 Å². The smallest absolute Gasteiger partial charge is 0.185 e. The highest BCUT2D eigenvalue weighted by Crippen LogP contribution is 2.34. The average molecular weight is 376 g/mol. The lowest BCUT2D eigenvalue weighted by Crippen LogP contribution is -2.25. The Kier molecular flexibility index (Phi) is 4.92. The number of carbonyl (C=O) groups is 1. The maximum Gasteiger partial charge on any atom is 0.185 e. The number of hydrogen-bond donors (Lipinski definition) is 1. The molecule has 2 aromatic rings. The number of hydrogen-bond acceptors (Lipinski definition) is 5. The van der Waals surface area contributed by atoms with Crippen LogP contribution in [0.4, 0.5) is 4.39 Å². The standard InChI is InChI=1S/C18H15ClFN3OS/c1-18(6-7-25-17(21)23-18)13-8-11(2-4-14(13)20)9-16(24)15-5-3-12(19)10-22-15/h2-8,10H,9H2,1H3,(H2,21,23)/t18-/m0/s1. The van der Waals surface area contributed by atoms with Gasteiger partial charge in [0.25, 0.3) is 0 Å². The first-order valence-electron chi connectivity index (χ1n) is 7.51. The quantitative estimate of drug-likeness (QED) is 0.817. The number of benzene rings is 1. The Morgan fingerprint density at radius 1 is 1.36 bits per heavy atom. The third-order valence-corrected chi connectivity index (χ3v) is 4.71. The van der Waals surface area contributed by atoms with Gasteiger partial charge < -0.3 is 5.73 Å². The van der Waals surface area contributed by atoms with Gasteiger partial charge in [-0.25, -0.2) is 9.38 Å². The summed E-state index contributed by atoms with van der Waals surface area (Å²) in [5.41, 5.74) is 6.25. The van der Waals surface area contributed by atoms with Crippen molar-refractivity contribution < 1.29 is 9.18 Å². The summed E-state index contributed by atoms with van der Waals surface area (Å²) in [5, 5.41) is 2.62. The second kappa shape index (κ2) is 6.98. The van der Waals surface area contributed by atoms with E-state index in [1.54, 1.807) is 42.7 Å². The van der Waals surface area contributed by atoms with E-state index >= 15 is 0 Å². The fourth-order valence-electron chi connectivity index (χ4n) is 2.57. The van der Waals surface area contributed by atoms with Crippen LogP contribution in [0, 0.1) is 5.82 Å². The highest BCUT2D eigenvalue weighted by Gasteiger charge is 2.29. The zero-order valence-electron chi connectivity index (χ0n) is 13.4. The molecule has 1 aromatic heterocycles. The van der Waals surface area contributed by atoms with Gasteiger partial charge in [-0.15, -0.1) is 0 Å². The molecule has 1 aliphatic heterocycles. The lowest BCUT2D eigenvalue weighted by atomic mass is 9.90. The van der Waals surface area contributed by atoms with Crippen molar-refractivity contribution in [3.63, 3.8) is 0 Å². The zero-order chi connectivity index (χ0) is 18.0. The first-order chi connectivity index (χ1) is 11.9. The number of pyridine rings is 1. The second-order valence-corrected chi connectivity index (χ2v) is 7.16. The van der Waals surface area contributed by atoms with Crippen LogP contribution in [0.1, 0.15) is 28.5 Å². The summed E-state index contributed by atoms with van der Waals surface area (Å²) in [7, 11) is 0. The van der Waals surface area contributed by atoms with Gasteiger partial charge in [0.1, 0.15) is 17.1 Å². The van der Waals surface area contributed by atoms with E-state index in [9.17, 15) is 9.18 Å². The molecule has 3 rings (SSSR count). The molecule has 2 N–H and O–H groups in total. The Morgan fingerprint density at radius 3 is 2.84 bits per heavy atom. The summed E-state index contributed by atoms with van der Waals surface area (Å²) in [6.07, 6.45) is 3.32. The summed E-state index contributed by atoms with van der Waals surface area (Å²) in [4.78, 5) is 20.7. The first-order valence-corrected chi connectivity index (χ1v) is 8.76. The molecule has 2 heterocycles. The van der Waals surface area contributed by atoms with Crippen molar-refractivity contribution in [3.05, 3.63) is 75.7 Å². The Bertz CT molecular complexity index is 882. The predicted octanol–water partition coefficient (Wildman–Crippen LogP) is 4.09. The van der Waals surface area contributed by atoms with Gasteiger partial charge in [0.2, 0.25) is 0 Å². The van der Waals surface area contributed by atoms with Crippen molar-refractivity contribution in [1.29, 1.82) is 0 Å². The van der Waals surface area contributed by atoms with Crippen LogP contribution < -0.4 is 5.73 Å². The van der Waals surface area contributed by atoms with Crippen molar-refractivity contribution >= 4 is 34.3 Å². The van der Waals surface area contributed by atoms with Gasteiger partial charge in [-0.1, -0.05) is 29.4 Å². The molecule has 0 bridgehead atoms. The molecular weight excluding hydrogens is 361 g/mol. The Morgan fingerprint density at radius 2 is 2.16 bits per heavy atom. The van der Waals surface area contributed by atoms with Crippen molar-refractivity contribution in [2.45, 2.75) is 18.9 Å². The largest absolute Gasteiger partial charge is 0.378 e. The van der Waals surface area contributed by atoms with Crippen LogP contribution in [0.3, 0.4) is 0 Å². The first kappa shape index (κ1) is 17.6. The van der Waals surface area contributed by atoms with E-state index < -0.39 is 11.4 Å². The molecule has 0 radical (unpaired) electrons. The molecule has 1 atom stereocenters. The minimum atomic E-state index is -0.892. The van der Waals surface area contributed by atoms with Gasteiger partial charge in [-0.2, -0.15) is 0 Å². The van der Waals surface area contributed by atoms with Crippen molar-refractivity contribution in [3.8, 4) is 0 Å². The van der Waals surface area contributed by atoms with Crippen molar-refractivity contribution in [2.24, 2.45) is 10.7 Å². The molecule has 0 aliphatic carbocycles. The SMILES string of the molecule is C[C@@]1(c2cc(CC(=O)c3ccc(Cl)cn3)ccc2F)C=CSC(N)=N1. The van der Waals surface area contributed by atoms with Crippen LogP contribution in [0.25, 0.3) is 0 Å². The predicted molar refractivity (Wildman–Crippen MR) is 99.4 cm³/mol. The topological polar surface area (TPSA) is 68.3 Å². The summed E-state index contributed by atoms with van der Waals surface area (Å²) in [6, 6.07) is 7.77. The lowest BCUT2D eigenvalue weighted by molar-refractivity contribution is 0.0988. The number of thioether (sulfide) groups is 1. The molecule has 1 aromatic carbocycles. The fourth-order valence-corrected chi connectivity index (χ4v) is 3.39. The molecule has 0 unspecified atom stereocenters. The summed E-state index contributed by atoms with van der Waals surface area (Å²) < 4.78 is 14.4. The molecule has 0 saturated heterocycles. The summed E-state index contributed by atoms with van der Waals surface area (Å²) >= 11 is 7.07. The maximum absolute atomic E-state index is 14.4. The molecule has 4 nitrogen and oxygen atoms in total. The molecular formula is C18H15ClFN3OS. The van der Waals surface area contributed by atoms with E-state index in [0.29, 0.717) is 27.0 Å². The van der Waals surface area contributed by atoms with E-state index in [1.165, 1.54) is 24.0 Å². The molecule has 1 aliphatic rings. The number of carbonyl (C=O) groups excluding carboxylic acids is 1. The molecule has 0 fully saturated rings. The van der Waals surface area contributed by atoms with Crippen LogP contribution in [0.5, 0.6) is 0 Å². The molecule has 0 spiro atoms. The van der Waals surface area contributed by atoms with Gasteiger partial charge in [0.15, 0.2) is 11.0 Å². The number of amidine groups is 1. The van der Waals surface area contributed by atoms with Gasteiger partial charge in [0, 0.05) is 18.2 Å². The molecule has 128 valence electrons. The van der Waals surface area contributed by atoms with Crippen LogP contribution in [0.15, 0.2) is 53.0 Å². The van der Waals surface area contributed by atoms with Gasteiger partial charge in [0.05, 0.1) is 5.02 Å². The maximum atomic E-state index is 14.4. The lowest BCUT2D eigenvalue weighted by Gasteiger charge is -2.26. The van der Waals surface area contributed by atoms with E-state index in [-0.39, 0.29) is 12.2 Å². The van der Waals surface area contributed by atoms with Crippen molar-refractivity contribution in [2.75, 3.05) is 0 Å². The summed E-state index contributed by atoms with van der Waals surface area (Å²) in [6.45, 7) is 1.78. The normalized spacial score (nSPS) is 19.6. The minimum Gasteiger partial charge on any atom is -0.378 e. The van der Waals surface area contributed by atoms with E-state index in [1.807, 2.05) is 0 Å². The third kappa shape index (κ3) is 3.91. The monoisotopic (exact) mass is 375 g/mol. The minimum absolute atomic E-state index is 0.107.